The number of fused-ring (bicyclic) bond motifs is 1. The summed E-state index contributed by atoms with van der Waals surface area (Å²) in [7, 11) is 0. The molecule has 2 saturated heterocycles. The first-order chi connectivity index (χ1) is 11.5. The molecule has 0 aromatic rings. The van der Waals surface area contributed by atoms with Crippen LogP contribution in [0.4, 0.5) is 0 Å². The Morgan fingerprint density at radius 2 is 1.83 bits per heavy atom. The summed E-state index contributed by atoms with van der Waals surface area (Å²) in [6.45, 7) is 4.42. The normalized spacial score (nSPS) is 39.2. The van der Waals surface area contributed by atoms with E-state index in [-0.39, 0.29) is 22.7 Å². The van der Waals surface area contributed by atoms with E-state index in [1.165, 1.54) is 19.3 Å². The molecular weight excluding hydrogens is 320 g/mol. The molecule has 0 aromatic heterocycles. The summed E-state index contributed by atoms with van der Waals surface area (Å²) in [5.74, 6) is 2.08. The fraction of sp³-hybridized carbons (Fsp3) is 0.895. The smallest absolute Gasteiger partial charge is 0.246 e. The molecule has 4 fully saturated rings. The van der Waals surface area contributed by atoms with Crippen LogP contribution in [-0.2, 0) is 9.59 Å². The molecule has 0 unspecified atom stereocenters. The molecule has 4 aliphatic rings. The van der Waals surface area contributed by atoms with Crippen molar-refractivity contribution in [3.63, 3.8) is 0 Å². The number of amides is 2. The highest BCUT2D eigenvalue weighted by atomic mass is 32.2. The summed E-state index contributed by atoms with van der Waals surface area (Å²) in [6.07, 6.45) is 9.93. The average molecular weight is 351 g/mol. The van der Waals surface area contributed by atoms with E-state index in [1.54, 1.807) is 0 Å². The first kappa shape index (κ1) is 16.7. The molecule has 4 nitrogen and oxygen atoms in total. The zero-order valence-corrected chi connectivity index (χ0v) is 15.8. The maximum absolute atomic E-state index is 13.4. The van der Waals surface area contributed by atoms with Crippen molar-refractivity contribution in [2.45, 2.75) is 94.6 Å². The molecule has 0 N–H and O–H groups in total. The number of nitrogens with zero attached hydrogens (tertiary/aromatic N) is 2. The highest BCUT2D eigenvalue weighted by Gasteiger charge is 2.55. The van der Waals surface area contributed by atoms with Gasteiger partial charge in [-0.05, 0) is 57.8 Å². The Bertz CT molecular complexity index is 527. The predicted octanol–water partition coefficient (Wildman–Crippen LogP) is 3.40. The molecule has 0 bridgehead atoms. The van der Waals surface area contributed by atoms with Crippen LogP contribution in [0.3, 0.4) is 0 Å². The quantitative estimate of drug-likeness (QED) is 0.780. The van der Waals surface area contributed by atoms with Crippen molar-refractivity contribution in [2.75, 3.05) is 5.75 Å². The zero-order chi connectivity index (χ0) is 16.9. The molecule has 2 aliphatic carbocycles. The maximum Gasteiger partial charge on any atom is 0.246 e. The van der Waals surface area contributed by atoms with Gasteiger partial charge in [0.25, 0.3) is 0 Å². The number of thioether (sulfide) groups is 1. The summed E-state index contributed by atoms with van der Waals surface area (Å²) in [6, 6.07) is 0.664. The van der Waals surface area contributed by atoms with Crippen LogP contribution < -0.4 is 0 Å². The second-order valence-electron chi connectivity index (χ2n) is 8.33. The first-order valence-corrected chi connectivity index (χ1v) is 10.8. The van der Waals surface area contributed by atoms with E-state index in [9.17, 15) is 9.59 Å². The van der Waals surface area contributed by atoms with Gasteiger partial charge in [0.2, 0.25) is 11.8 Å². The lowest BCUT2D eigenvalue weighted by molar-refractivity contribution is -0.146. The van der Waals surface area contributed by atoms with Gasteiger partial charge in [0.05, 0.1) is 4.87 Å². The molecular formula is C19H30N2O2S. The second kappa shape index (κ2) is 6.22. The molecule has 5 heteroatoms. The number of hydrogen-bond donors (Lipinski definition) is 0. The summed E-state index contributed by atoms with van der Waals surface area (Å²) < 4.78 is 0. The van der Waals surface area contributed by atoms with Crippen LogP contribution in [0.5, 0.6) is 0 Å². The molecule has 24 heavy (non-hydrogen) atoms. The van der Waals surface area contributed by atoms with Crippen LogP contribution in [-0.4, -0.2) is 50.4 Å². The Balaban J connectivity index is 1.50. The molecule has 0 aromatic carbocycles. The van der Waals surface area contributed by atoms with Crippen LogP contribution in [0, 0.1) is 5.92 Å². The lowest BCUT2D eigenvalue weighted by Gasteiger charge is -2.40. The van der Waals surface area contributed by atoms with Crippen LogP contribution in [0.2, 0.25) is 0 Å². The van der Waals surface area contributed by atoms with Crippen LogP contribution in [0.1, 0.15) is 71.6 Å². The molecule has 4 rings (SSSR count). The number of hydrogen-bond acceptors (Lipinski definition) is 3. The minimum atomic E-state index is -0.209. The van der Waals surface area contributed by atoms with Gasteiger partial charge in [-0.3, -0.25) is 9.59 Å². The number of carbonyl (C=O) groups is 2. The fourth-order valence-corrected chi connectivity index (χ4v) is 6.44. The van der Waals surface area contributed by atoms with Gasteiger partial charge in [-0.1, -0.05) is 13.3 Å². The van der Waals surface area contributed by atoms with Crippen LogP contribution in [0.15, 0.2) is 0 Å². The third-order valence-corrected chi connectivity index (χ3v) is 8.22. The Morgan fingerprint density at radius 3 is 2.42 bits per heavy atom. The van der Waals surface area contributed by atoms with Gasteiger partial charge < -0.3 is 9.80 Å². The van der Waals surface area contributed by atoms with Gasteiger partial charge in [-0.2, -0.15) is 0 Å². The van der Waals surface area contributed by atoms with E-state index >= 15 is 0 Å². The number of rotatable bonds is 4. The topological polar surface area (TPSA) is 40.6 Å². The van der Waals surface area contributed by atoms with Gasteiger partial charge in [-0.25, -0.2) is 0 Å². The van der Waals surface area contributed by atoms with E-state index in [2.05, 4.69) is 18.7 Å². The first-order valence-electron chi connectivity index (χ1n) is 9.82. The fourth-order valence-electron chi connectivity index (χ4n) is 5.02. The lowest BCUT2D eigenvalue weighted by Crippen LogP contribution is -2.55. The van der Waals surface area contributed by atoms with Gasteiger partial charge in [0, 0.05) is 24.3 Å². The predicted molar refractivity (Wildman–Crippen MR) is 96.6 cm³/mol. The Hall–Kier alpha value is -0.710. The van der Waals surface area contributed by atoms with Gasteiger partial charge in [0.15, 0.2) is 0 Å². The zero-order valence-electron chi connectivity index (χ0n) is 15.0. The van der Waals surface area contributed by atoms with Crippen molar-refractivity contribution in [1.29, 1.82) is 0 Å². The molecule has 2 heterocycles. The van der Waals surface area contributed by atoms with E-state index < -0.39 is 0 Å². The molecule has 0 radical (unpaired) electrons. The Kier molecular flexibility index (Phi) is 4.34. The van der Waals surface area contributed by atoms with E-state index in [4.69, 9.17) is 0 Å². The molecule has 0 spiro atoms. The van der Waals surface area contributed by atoms with Crippen molar-refractivity contribution >= 4 is 23.6 Å². The van der Waals surface area contributed by atoms with Gasteiger partial charge >= 0.3 is 0 Å². The molecule has 2 aliphatic heterocycles. The standard InChI is InChI=1S/C19H30N2O2S/c1-3-13-4-6-14(7-5-13)20(15-8-9-15)18(23)16-12-24-19(2)11-10-17(22)21(16)19/h13-16H,3-12H2,1-2H3/t13?,14?,16-,19+/m0/s1. The van der Waals surface area contributed by atoms with Crippen molar-refractivity contribution in [2.24, 2.45) is 5.92 Å². The van der Waals surface area contributed by atoms with Gasteiger partial charge in [0.1, 0.15) is 6.04 Å². The van der Waals surface area contributed by atoms with E-state index in [0.717, 1.165) is 43.8 Å². The summed E-state index contributed by atoms with van der Waals surface area (Å²) in [5.41, 5.74) is 0. The minimum Gasteiger partial charge on any atom is -0.335 e. The molecule has 2 atom stereocenters. The Labute approximate surface area is 149 Å². The van der Waals surface area contributed by atoms with Gasteiger partial charge in [-0.15, -0.1) is 11.8 Å². The SMILES string of the molecule is CCC1CCC(N(C(=O)[C@@H]2CS[C@]3(C)CCC(=O)N23)C2CC2)CC1. The average Bonchev–Trinajstić information content (AvgIpc) is 3.29. The summed E-state index contributed by atoms with van der Waals surface area (Å²) in [5, 5.41) is 0. The lowest BCUT2D eigenvalue weighted by atomic mass is 9.83. The highest BCUT2D eigenvalue weighted by molar-refractivity contribution is 8.01. The van der Waals surface area contributed by atoms with E-state index in [1.807, 2.05) is 16.7 Å². The van der Waals surface area contributed by atoms with E-state index in [0.29, 0.717) is 18.5 Å². The summed E-state index contributed by atoms with van der Waals surface area (Å²) >= 11 is 1.81. The van der Waals surface area contributed by atoms with Crippen molar-refractivity contribution < 1.29 is 9.59 Å². The summed E-state index contributed by atoms with van der Waals surface area (Å²) in [4.78, 5) is 29.8. The van der Waals surface area contributed by atoms with Crippen molar-refractivity contribution in [3.05, 3.63) is 0 Å². The third-order valence-electron chi connectivity index (χ3n) is 6.71. The van der Waals surface area contributed by atoms with Crippen LogP contribution >= 0.6 is 11.8 Å². The second-order valence-corrected chi connectivity index (χ2v) is 9.83. The third kappa shape index (κ3) is 2.77. The number of carbonyl (C=O) groups excluding carboxylic acids is 2. The van der Waals surface area contributed by atoms with Crippen molar-refractivity contribution in [1.82, 2.24) is 9.80 Å². The maximum atomic E-state index is 13.4. The monoisotopic (exact) mass is 350 g/mol. The molecule has 134 valence electrons. The largest absolute Gasteiger partial charge is 0.335 e. The molecule has 2 amide bonds. The van der Waals surface area contributed by atoms with Crippen molar-refractivity contribution in [3.8, 4) is 0 Å². The highest BCUT2D eigenvalue weighted by Crippen LogP contribution is 2.48. The Morgan fingerprint density at radius 1 is 1.21 bits per heavy atom. The van der Waals surface area contributed by atoms with Crippen LogP contribution in [0.25, 0.3) is 0 Å². The molecule has 2 saturated carbocycles. The minimum absolute atomic E-state index is 0.132.